The normalized spacial score (nSPS) is 13.9. The first kappa shape index (κ1) is 23.6. The predicted octanol–water partition coefficient (Wildman–Crippen LogP) is 4.75. The first-order chi connectivity index (χ1) is 17.5. The molecule has 36 heavy (non-hydrogen) atoms. The van der Waals surface area contributed by atoms with E-state index in [-0.39, 0.29) is 5.75 Å². The molecule has 0 saturated carbocycles. The van der Waals surface area contributed by atoms with E-state index < -0.39 is 17.7 Å². The monoisotopic (exact) mass is 490 g/mol. The molecule has 2 amide bonds. The quantitative estimate of drug-likeness (QED) is 0.361. The van der Waals surface area contributed by atoms with Crippen LogP contribution in [0.15, 0.2) is 66.9 Å². The van der Waals surface area contributed by atoms with E-state index in [0.717, 1.165) is 31.9 Å². The van der Waals surface area contributed by atoms with Gasteiger partial charge in [-0.25, -0.2) is 18.6 Å². The predicted molar refractivity (Wildman–Crippen MR) is 133 cm³/mol. The summed E-state index contributed by atoms with van der Waals surface area (Å²) in [7, 11) is 0. The number of anilines is 2. The number of nitrogens with one attached hydrogen (secondary N) is 3. The standard InChI is InChI=1S/C26H24F2N6O2/c27-17-1-3-18(4-2-17)32-26(35)33-19-5-7-22(28)25(13-19)36-21-6-8-23-24(14-21)31-20(15-30-23)16-34-11-9-29-10-12-34/h1-8,13-15,29H,9-12,16H2,(H2,32,33,35). The van der Waals surface area contributed by atoms with Crippen molar-refractivity contribution in [3.63, 3.8) is 0 Å². The summed E-state index contributed by atoms with van der Waals surface area (Å²) in [5.41, 5.74) is 2.95. The van der Waals surface area contributed by atoms with Crippen molar-refractivity contribution in [1.82, 2.24) is 20.2 Å². The summed E-state index contributed by atoms with van der Waals surface area (Å²) in [6.45, 7) is 4.51. The van der Waals surface area contributed by atoms with Crippen LogP contribution in [0.1, 0.15) is 5.69 Å². The molecule has 3 aromatic carbocycles. The Kier molecular flexibility index (Phi) is 6.96. The summed E-state index contributed by atoms with van der Waals surface area (Å²) in [6, 6.07) is 14.0. The van der Waals surface area contributed by atoms with E-state index in [2.05, 4.69) is 25.8 Å². The zero-order valence-electron chi connectivity index (χ0n) is 19.3. The minimum Gasteiger partial charge on any atom is -0.454 e. The molecule has 2 heterocycles. The fourth-order valence-corrected chi connectivity index (χ4v) is 3.88. The third-order valence-corrected chi connectivity index (χ3v) is 5.68. The SMILES string of the molecule is O=C(Nc1ccc(F)cc1)Nc1ccc(F)c(Oc2ccc3ncc(CN4CCNCC4)nc3c2)c1. The van der Waals surface area contributed by atoms with Gasteiger partial charge in [-0.1, -0.05) is 0 Å². The van der Waals surface area contributed by atoms with Crippen LogP contribution >= 0.6 is 0 Å². The van der Waals surface area contributed by atoms with Crippen LogP contribution in [0.5, 0.6) is 11.5 Å². The van der Waals surface area contributed by atoms with Gasteiger partial charge in [0.15, 0.2) is 11.6 Å². The van der Waals surface area contributed by atoms with Crippen LogP contribution < -0.4 is 20.7 Å². The Morgan fingerprint density at radius 3 is 2.50 bits per heavy atom. The van der Waals surface area contributed by atoms with Gasteiger partial charge in [-0.05, 0) is 48.5 Å². The Balaban J connectivity index is 1.28. The van der Waals surface area contributed by atoms with Crippen molar-refractivity contribution in [3.8, 4) is 11.5 Å². The summed E-state index contributed by atoms with van der Waals surface area (Å²) >= 11 is 0. The Hall–Kier alpha value is -4.15. The number of halogens is 2. The number of carbonyl (C=O) groups is 1. The lowest BCUT2D eigenvalue weighted by molar-refractivity contribution is 0.230. The smallest absolute Gasteiger partial charge is 0.323 e. The maximum absolute atomic E-state index is 14.5. The van der Waals surface area contributed by atoms with Gasteiger partial charge in [0.2, 0.25) is 0 Å². The summed E-state index contributed by atoms with van der Waals surface area (Å²) < 4.78 is 33.3. The minimum absolute atomic E-state index is 0.0566. The molecule has 1 fully saturated rings. The largest absolute Gasteiger partial charge is 0.454 e. The molecule has 1 aromatic heterocycles. The molecule has 0 aliphatic carbocycles. The number of fused-ring (bicyclic) bond motifs is 1. The Bertz CT molecular complexity index is 1380. The van der Waals surface area contributed by atoms with E-state index in [1.807, 2.05) is 0 Å². The van der Waals surface area contributed by atoms with Gasteiger partial charge in [0.25, 0.3) is 0 Å². The van der Waals surface area contributed by atoms with E-state index in [9.17, 15) is 13.6 Å². The van der Waals surface area contributed by atoms with Gasteiger partial charge in [-0.15, -0.1) is 0 Å². The Morgan fingerprint density at radius 2 is 1.69 bits per heavy atom. The third-order valence-electron chi connectivity index (χ3n) is 5.68. The number of nitrogens with zero attached hydrogens (tertiary/aromatic N) is 3. The summed E-state index contributed by atoms with van der Waals surface area (Å²) in [4.78, 5) is 23.8. The molecule has 8 nitrogen and oxygen atoms in total. The van der Waals surface area contributed by atoms with Crippen molar-refractivity contribution < 1.29 is 18.3 Å². The first-order valence-corrected chi connectivity index (χ1v) is 11.5. The summed E-state index contributed by atoms with van der Waals surface area (Å²) in [6.07, 6.45) is 1.77. The highest BCUT2D eigenvalue weighted by molar-refractivity contribution is 5.99. The highest BCUT2D eigenvalue weighted by Gasteiger charge is 2.13. The third kappa shape index (κ3) is 5.91. The lowest BCUT2D eigenvalue weighted by Gasteiger charge is -2.26. The van der Waals surface area contributed by atoms with Crippen molar-refractivity contribution in [2.45, 2.75) is 6.54 Å². The van der Waals surface area contributed by atoms with Crippen LogP contribution in [0.4, 0.5) is 25.0 Å². The topological polar surface area (TPSA) is 91.4 Å². The maximum Gasteiger partial charge on any atom is 0.323 e. The molecular weight excluding hydrogens is 466 g/mol. The van der Waals surface area contributed by atoms with Gasteiger partial charge in [0, 0.05) is 56.2 Å². The molecule has 0 atom stereocenters. The molecule has 184 valence electrons. The van der Waals surface area contributed by atoms with Crippen molar-refractivity contribution in [2.24, 2.45) is 0 Å². The van der Waals surface area contributed by atoms with Crippen LogP contribution in [0.3, 0.4) is 0 Å². The molecule has 4 aromatic rings. The Morgan fingerprint density at radius 1 is 0.944 bits per heavy atom. The zero-order chi connectivity index (χ0) is 24.9. The van der Waals surface area contributed by atoms with Crippen LogP contribution in [0.2, 0.25) is 0 Å². The highest BCUT2D eigenvalue weighted by Crippen LogP contribution is 2.29. The van der Waals surface area contributed by atoms with Crippen LogP contribution in [-0.2, 0) is 6.54 Å². The molecule has 0 spiro atoms. The van der Waals surface area contributed by atoms with E-state index in [4.69, 9.17) is 9.72 Å². The van der Waals surface area contributed by atoms with Crippen LogP contribution in [0.25, 0.3) is 11.0 Å². The van der Waals surface area contributed by atoms with E-state index in [0.29, 0.717) is 34.7 Å². The fraction of sp³-hybridized carbons (Fsp3) is 0.192. The van der Waals surface area contributed by atoms with E-state index >= 15 is 0 Å². The number of hydrogen-bond donors (Lipinski definition) is 3. The number of piperazine rings is 1. The Labute approximate surface area is 206 Å². The molecule has 1 aliphatic rings. The number of aromatic nitrogens is 2. The second kappa shape index (κ2) is 10.6. The van der Waals surface area contributed by atoms with Gasteiger partial charge < -0.3 is 20.7 Å². The molecule has 0 bridgehead atoms. The highest BCUT2D eigenvalue weighted by atomic mass is 19.1. The van der Waals surface area contributed by atoms with Gasteiger partial charge in [0.1, 0.15) is 11.6 Å². The van der Waals surface area contributed by atoms with Gasteiger partial charge >= 0.3 is 6.03 Å². The van der Waals surface area contributed by atoms with Gasteiger partial charge in [-0.3, -0.25) is 9.88 Å². The number of ether oxygens (including phenoxy) is 1. The van der Waals surface area contributed by atoms with E-state index in [1.54, 1.807) is 24.4 Å². The first-order valence-electron chi connectivity index (χ1n) is 11.5. The molecule has 5 rings (SSSR count). The molecule has 0 radical (unpaired) electrons. The molecule has 1 aliphatic heterocycles. The molecule has 10 heteroatoms. The van der Waals surface area contributed by atoms with Crippen molar-refractivity contribution in [1.29, 1.82) is 0 Å². The number of hydrogen-bond acceptors (Lipinski definition) is 6. The average Bonchev–Trinajstić information content (AvgIpc) is 2.88. The van der Waals surface area contributed by atoms with Gasteiger partial charge in [-0.2, -0.15) is 0 Å². The lowest BCUT2D eigenvalue weighted by atomic mass is 10.2. The number of benzene rings is 3. The second-order valence-corrected chi connectivity index (χ2v) is 8.37. The second-order valence-electron chi connectivity index (χ2n) is 8.37. The van der Waals surface area contributed by atoms with Gasteiger partial charge in [0.05, 0.1) is 22.9 Å². The zero-order valence-corrected chi connectivity index (χ0v) is 19.3. The van der Waals surface area contributed by atoms with Crippen molar-refractivity contribution in [2.75, 3.05) is 36.8 Å². The van der Waals surface area contributed by atoms with Crippen molar-refractivity contribution in [3.05, 3.63) is 84.2 Å². The van der Waals surface area contributed by atoms with E-state index in [1.165, 1.54) is 42.5 Å². The molecular formula is C26H24F2N6O2. The summed E-state index contributed by atoms with van der Waals surface area (Å²) in [5, 5.41) is 8.52. The number of carbonyl (C=O) groups excluding carboxylic acids is 1. The minimum atomic E-state index is -0.585. The number of amides is 2. The van der Waals surface area contributed by atoms with Crippen molar-refractivity contribution >= 4 is 28.4 Å². The number of rotatable bonds is 6. The lowest BCUT2D eigenvalue weighted by Crippen LogP contribution is -2.43. The number of urea groups is 1. The molecule has 1 saturated heterocycles. The van der Waals surface area contributed by atoms with Crippen LogP contribution in [-0.4, -0.2) is 47.1 Å². The maximum atomic E-state index is 14.5. The molecule has 0 unspecified atom stereocenters. The summed E-state index contributed by atoms with van der Waals surface area (Å²) in [5.74, 6) is -0.656. The fourth-order valence-electron chi connectivity index (χ4n) is 3.88. The average molecular weight is 491 g/mol. The van der Waals surface area contributed by atoms with Crippen LogP contribution in [0, 0.1) is 11.6 Å². The molecule has 3 N–H and O–H groups in total.